The molecule has 0 heterocycles. The minimum absolute atomic E-state index is 0.0533. The molecule has 0 saturated heterocycles. The lowest BCUT2D eigenvalue weighted by atomic mass is 10.00. The highest BCUT2D eigenvalue weighted by atomic mass is 16.2. The van der Waals surface area contributed by atoms with Gasteiger partial charge in [0.25, 0.3) is 5.91 Å². The van der Waals surface area contributed by atoms with Crippen LogP contribution in [0, 0.1) is 6.92 Å². The van der Waals surface area contributed by atoms with E-state index >= 15 is 0 Å². The van der Waals surface area contributed by atoms with Gasteiger partial charge in [-0.2, -0.15) is 0 Å². The van der Waals surface area contributed by atoms with E-state index in [-0.39, 0.29) is 24.4 Å². The van der Waals surface area contributed by atoms with Gasteiger partial charge in [-0.05, 0) is 41.8 Å². The number of rotatable bonds is 5. The summed E-state index contributed by atoms with van der Waals surface area (Å²) in [5.74, 6) is -0.455. The maximum absolute atomic E-state index is 12.3. The number of carbonyl (C=O) groups excluding carboxylic acids is 2. The summed E-state index contributed by atoms with van der Waals surface area (Å²) in [5, 5.41) is 7.89. The van der Waals surface area contributed by atoms with E-state index in [1.807, 2.05) is 62.4 Å². The van der Waals surface area contributed by atoms with Crippen molar-refractivity contribution in [2.75, 3.05) is 6.54 Å². The monoisotopic (exact) mass is 346 g/mol. The normalized spacial score (nSPS) is 11.8. The van der Waals surface area contributed by atoms with Crippen molar-refractivity contribution in [1.82, 2.24) is 10.6 Å². The molecule has 0 spiro atoms. The molecule has 0 aliphatic heterocycles. The summed E-state index contributed by atoms with van der Waals surface area (Å²) in [4.78, 5) is 24.5. The van der Waals surface area contributed by atoms with Gasteiger partial charge in [-0.1, -0.05) is 60.7 Å². The number of fused-ring (bicyclic) bond motifs is 1. The number of hydrogen-bond acceptors (Lipinski definition) is 2. The van der Waals surface area contributed by atoms with Gasteiger partial charge >= 0.3 is 0 Å². The lowest BCUT2D eigenvalue weighted by Gasteiger charge is -2.17. The van der Waals surface area contributed by atoms with Crippen molar-refractivity contribution in [3.63, 3.8) is 0 Å². The molecule has 0 fully saturated rings. The van der Waals surface area contributed by atoms with Gasteiger partial charge in [0.2, 0.25) is 5.91 Å². The van der Waals surface area contributed by atoms with Crippen LogP contribution >= 0.6 is 0 Å². The van der Waals surface area contributed by atoms with Crippen molar-refractivity contribution < 1.29 is 9.59 Å². The van der Waals surface area contributed by atoms with Crippen LogP contribution in [-0.4, -0.2) is 18.4 Å². The number of nitrogens with one attached hydrogen (secondary N) is 2. The standard InChI is InChI=1S/C22H22N2O2/c1-15-8-3-5-11-18(15)22(26)23-14-21(25)24-16(2)19-13-7-10-17-9-4-6-12-20(17)19/h3-13,16H,14H2,1-2H3,(H,23,26)(H,24,25). The van der Waals surface area contributed by atoms with E-state index in [1.54, 1.807) is 6.07 Å². The lowest BCUT2D eigenvalue weighted by Crippen LogP contribution is -2.38. The smallest absolute Gasteiger partial charge is 0.251 e. The molecule has 0 aliphatic carbocycles. The predicted molar refractivity (Wildman–Crippen MR) is 104 cm³/mol. The summed E-state index contributed by atoms with van der Waals surface area (Å²) in [6, 6.07) is 21.3. The second kappa shape index (κ2) is 7.83. The fourth-order valence-electron chi connectivity index (χ4n) is 3.08. The molecule has 1 unspecified atom stereocenters. The van der Waals surface area contributed by atoms with Gasteiger partial charge in [-0.15, -0.1) is 0 Å². The summed E-state index contributed by atoms with van der Waals surface area (Å²) in [7, 11) is 0. The van der Waals surface area contributed by atoms with E-state index in [0.29, 0.717) is 5.56 Å². The molecule has 2 N–H and O–H groups in total. The van der Waals surface area contributed by atoms with Crippen molar-refractivity contribution in [1.29, 1.82) is 0 Å². The Morgan fingerprint density at radius 2 is 1.62 bits per heavy atom. The Balaban J connectivity index is 1.63. The molecule has 4 heteroatoms. The van der Waals surface area contributed by atoms with Crippen molar-refractivity contribution >= 4 is 22.6 Å². The first-order valence-electron chi connectivity index (χ1n) is 8.67. The summed E-state index contributed by atoms with van der Waals surface area (Å²) < 4.78 is 0. The molecular weight excluding hydrogens is 324 g/mol. The zero-order valence-electron chi connectivity index (χ0n) is 15.0. The van der Waals surface area contributed by atoms with E-state index < -0.39 is 0 Å². The molecule has 132 valence electrons. The van der Waals surface area contributed by atoms with Crippen LogP contribution in [0.1, 0.15) is 34.5 Å². The maximum Gasteiger partial charge on any atom is 0.251 e. The van der Waals surface area contributed by atoms with Gasteiger partial charge in [0, 0.05) is 5.56 Å². The molecule has 3 rings (SSSR count). The van der Waals surface area contributed by atoms with Gasteiger partial charge in [0.05, 0.1) is 12.6 Å². The molecule has 2 amide bonds. The second-order valence-electron chi connectivity index (χ2n) is 6.36. The van der Waals surface area contributed by atoms with Crippen molar-refractivity contribution in [3.05, 3.63) is 83.4 Å². The van der Waals surface area contributed by atoms with Crippen molar-refractivity contribution in [2.45, 2.75) is 19.9 Å². The van der Waals surface area contributed by atoms with Crippen LogP contribution in [0.25, 0.3) is 10.8 Å². The number of benzene rings is 3. The summed E-state index contributed by atoms with van der Waals surface area (Å²) in [6.45, 7) is 3.77. The van der Waals surface area contributed by atoms with E-state index in [9.17, 15) is 9.59 Å². The first-order chi connectivity index (χ1) is 12.6. The van der Waals surface area contributed by atoms with E-state index in [2.05, 4.69) is 22.8 Å². The van der Waals surface area contributed by atoms with Crippen LogP contribution in [0.3, 0.4) is 0 Å². The Kier molecular flexibility index (Phi) is 5.32. The molecule has 3 aromatic carbocycles. The number of hydrogen-bond donors (Lipinski definition) is 2. The average molecular weight is 346 g/mol. The van der Waals surface area contributed by atoms with Gasteiger partial charge in [0.15, 0.2) is 0 Å². The van der Waals surface area contributed by atoms with Gasteiger partial charge < -0.3 is 10.6 Å². The Morgan fingerprint density at radius 3 is 2.42 bits per heavy atom. The fraction of sp³-hybridized carbons (Fsp3) is 0.182. The SMILES string of the molecule is Cc1ccccc1C(=O)NCC(=O)NC(C)c1cccc2ccccc12. The molecule has 4 nitrogen and oxygen atoms in total. The minimum atomic E-state index is -0.240. The highest BCUT2D eigenvalue weighted by Crippen LogP contribution is 2.23. The Labute approximate surface area is 153 Å². The van der Waals surface area contributed by atoms with Gasteiger partial charge in [-0.3, -0.25) is 9.59 Å². The highest BCUT2D eigenvalue weighted by Gasteiger charge is 2.14. The Bertz CT molecular complexity index is 944. The highest BCUT2D eigenvalue weighted by molar-refractivity contribution is 5.97. The van der Waals surface area contributed by atoms with Crippen LogP contribution in [0.15, 0.2) is 66.7 Å². The van der Waals surface area contributed by atoms with E-state index in [0.717, 1.165) is 21.9 Å². The van der Waals surface area contributed by atoms with Crippen LogP contribution in [-0.2, 0) is 4.79 Å². The Hall–Kier alpha value is -3.14. The molecule has 0 radical (unpaired) electrons. The Morgan fingerprint density at radius 1 is 0.923 bits per heavy atom. The zero-order chi connectivity index (χ0) is 18.5. The summed E-state index contributed by atoms with van der Waals surface area (Å²) in [5.41, 5.74) is 2.53. The molecule has 26 heavy (non-hydrogen) atoms. The zero-order valence-corrected chi connectivity index (χ0v) is 15.0. The van der Waals surface area contributed by atoms with Crippen molar-refractivity contribution in [3.8, 4) is 0 Å². The molecule has 0 bridgehead atoms. The minimum Gasteiger partial charge on any atom is -0.348 e. The van der Waals surface area contributed by atoms with E-state index in [1.165, 1.54) is 0 Å². The molecule has 1 atom stereocenters. The molecule has 3 aromatic rings. The van der Waals surface area contributed by atoms with E-state index in [4.69, 9.17) is 0 Å². The van der Waals surface area contributed by atoms with Crippen LogP contribution in [0.5, 0.6) is 0 Å². The average Bonchev–Trinajstić information content (AvgIpc) is 2.66. The van der Waals surface area contributed by atoms with Crippen LogP contribution in [0.2, 0.25) is 0 Å². The number of carbonyl (C=O) groups is 2. The fourth-order valence-corrected chi connectivity index (χ4v) is 3.08. The predicted octanol–water partition coefficient (Wildman–Crippen LogP) is 3.76. The third kappa shape index (κ3) is 3.91. The molecule has 0 aromatic heterocycles. The first-order valence-corrected chi connectivity index (χ1v) is 8.67. The molecule has 0 aliphatic rings. The number of aryl methyl sites for hydroxylation is 1. The third-order valence-corrected chi connectivity index (χ3v) is 4.47. The first kappa shape index (κ1) is 17.7. The third-order valence-electron chi connectivity index (χ3n) is 4.47. The second-order valence-corrected chi connectivity index (χ2v) is 6.36. The maximum atomic E-state index is 12.3. The summed E-state index contributed by atoms with van der Waals surface area (Å²) in [6.07, 6.45) is 0. The van der Waals surface area contributed by atoms with Crippen molar-refractivity contribution in [2.24, 2.45) is 0 Å². The molecule has 0 saturated carbocycles. The lowest BCUT2D eigenvalue weighted by molar-refractivity contribution is -0.120. The quantitative estimate of drug-likeness (QED) is 0.739. The summed E-state index contributed by atoms with van der Waals surface area (Å²) >= 11 is 0. The number of amides is 2. The van der Waals surface area contributed by atoms with Crippen LogP contribution < -0.4 is 10.6 Å². The largest absolute Gasteiger partial charge is 0.348 e. The van der Waals surface area contributed by atoms with Gasteiger partial charge in [0.1, 0.15) is 0 Å². The van der Waals surface area contributed by atoms with Crippen LogP contribution in [0.4, 0.5) is 0 Å². The van der Waals surface area contributed by atoms with Gasteiger partial charge in [-0.25, -0.2) is 0 Å². The molecular formula is C22H22N2O2. The topological polar surface area (TPSA) is 58.2 Å².